The van der Waals surface area contributed by atoms with Crippen molar-refractivity contribution in [2.24, 2.45) is 11.8 Å². The van der Waals surface area contributed by atoms with Gasteiger partial charge in [-0.1, -0.05) is 98.0 Å². The summed E-state index contributed by atoms with van der Waals surface area (Å²) in [5, 5.41) is 66.5. The predicted molar refractivity (Wildman–Crippen MR) is 227 cm³/mol. The number of carbonyl (C=O) groups is 3. The maximum atomic E-state index is 14.0. The molecule has 6 N–H and O–H groups in total. The monoisotopic (exact) mass is 910 g/mol. The van der Waals surface area contributed by atoms with Crippen LogP contribution in [0, 0.1) is 11.8 Å². The molecule has 2 aliphatic heterocycles. The van der Waals surface area contributed by atoms with E-state index in [4.69, 9.17) is 33.2 Å². The Labute approximate surface area is 377 Å². The molecule has 15 atom stereocenters. The van der Waals surface area contributed by atoms with Gasteiger partial charge in [-0.05, 0) is 37.7 Å². The van der Waals surface area contributed by atoms with Gasteiger partial charge in [-0.15, -0.1) is 5.10 Å². The fourth-order valence-corrected chi connectivity index (χ4v) is 9.42. The minimum Gasteiger partial charge on any atom is -0.469 e. The number of amides is 1. The Kier molecular flexibility index (Phi) is 16.7. The zero-order valence-corrected chi connectivity index (χ0v) is 36.8. The first-order chi connectivity index (χ1) is 31.3. The summed E-state index contributed by atoms with van der Waals surface area (Å²) >= 11 is 0. The van der Waals surface area contributed by atoms with Crippen LogP contribution in [0.4, 0.5) is 0 Å². The predicted octanol–water partition coefficient (Wildman–Crippen LogP) is 1.72. The van der Waals surface area contributed by atoms with Crippen molar-refractivity contribution >= 4 is 17.8 Å². The molecule has 1 amide bonds. The van der Waals surface area contributed by atoms with Crippen molar-refractivity contribution in [2.45, 2.75) is 158 Å². The van der Waals surface area contributed by atoms with Gasteiger partial charge in [0.1, 0.15) is 61.1 Å². The van der Waals surface area contributed by atoms with Gasteiger partial charge in [0.2, 0.25) is 5.91 Å². The molecule has 0 spiro atoms. The Morgan fingerprint density at radius 2 is 1.57 bits per heavy atom. The number of methoxy groups -OCH3 is 1. The summed E-state index contributed by atoms with van der Waals surface area (Å²) in [6.45, 7) is 2.00. The molecule has 356 valence electrons. The maximum absolute atomic E-state index is 14.0. The fraction of sp³-hybridized carbons (Fsp3) is 0.630. The number of aliphatic hydroxyl groups excluding tert-OH is 5. The number of aromatic nitrogens is 3. The van der Waals surface area contributed by atoms with Gasteiger partial charge < -0.3 is 64.0 Å². The van der Waals surface area contributed by atoms with Gasteiger partial charge in [0.25, 0.3) is 0 Å². The van der Waals surface area contributed by atoms with Gasteiger partial charge in [0.05, 0.1) is 44.1 Å². The molecule has 2 aliphatic carbocycles. The van der Waals surface area contributed by atoms with Crippen LogP contribution >= 0.6 is 0 Å². The van der Waals surface area contributed by atoms with Crippen molar-refractivity contribution in [3.63, 3.8) is 0 Å². The lowest BCUT2D eigenvalue weighted by Crippen LogP contribution is -2.67. The summed E-state index contributed by atoms with van der Waals surface area (Å²) in [6.07, 6.45) is -10.1. The first kappa shape index (κ1) is 48.5. The molecule has 19 heteroatoms. The number of ether oxygens (including phenoxy) is 7. The average Bonchev–Trinajstić information content (AvgIpc) is 3.82. The summed E-state index contributed by atoms with van der Waals surface area (Å²) in [6, 6.07) is 16.2. The van der Waals surface area contributed by atoms with Crippen molar-refractivity contribution in [3.8, 4) is 11.3 Å². The number of hydrogen-bond acceptors (Lipinski definition) is 17. The van der Waals surface area contributed by atoms with Gasteiger partial charge in [0.15, 0.2) is 18.7 Å². The number of aliphatic hydroxyl groups is 5. The summed E-state index contributed by atoms with van der Waals surface area (Å²) in [5.74, 6) is -2.56. The number of nitrogens with one attached hydrogen (secondary N) is 1. The lowest BCUT2D eigenvalue weighted by Gasteiger charge is -2.49. The Balaban J connectivity index is 1.24. The summed E-state index contributed by atoms with van der Waals surface area (Å²) in [5.41, 5.74) is 2.00. The Hall–Kier alpha value is -4.41. The smallest absolute Gasteiger partial charge is 0.335 e. The lowest BCUT2D eigenvalue weighted by molar-refractivity contribution is -0.338. The molecule has 65 heavy (non-hydrogen) atoms. The summed E-state index contributed by atoms with van der Waals surface area (Å²) in [7, 11) is 1.25. The van der Waals surface area contributed by atoms with E-state index in [2.05, 4.69) is 15.6 Å². The minimum atomic E-state index is -1.73. The third-order valence-corrected chi connectivity index (χ3v) is 13.0. The van der Waals surface area contributed by atoms with Crippen LogP contribution in [0.1, 0.15) is 76.8 Å². The molecule has 1 aromatic heterocycles. The third-order valence-electron chi connectivity index (χ3n) is 13.0. The van der Waals surface area contributed by atoms with E-state index < -0.39 is 116 Å². The molecular formula is C46H62N4O15. The van der Waals surface area contributed by atoms with Crippen LogP contribution < -0.4 is 5.32 Å². The quantitative estimate of drug-likeness (QED) is 0.112. The first-order valence-corrected chi connectivity index (χ1v) is 22.5. The molecule has 7 rings (SSSR count). The van der Waals surface area contributed by atoms with Crippen molar-refractivity contribution < 1.29 is 73.1 Å². The highest BCUT2D eigenvalue weighted by Crippen LogP contribution is 2.41. The molecular weight excluding hydrogens is 849 g/mol. The molecule has 11 unspecified atom stereocenters. The molecule has 3 heterocycles. The van der Waals surface area contributed by atoms with E-state index in [0.717, 1.165) is 43.2 Å². The van der Waals surface area contributed by atoms with E-state index in [0.29, 0.717) is 5.69 Å². The van der Waals surface area contributed by atoms with E-state index in [9.17, 15) is 39.9 Å². The molecule has 2 aromatic carbocycles. The summed E-state index contributed by atoms with van der Waals surface area (Å²) < 4.78 is 44.6. The largest absolute Gasteiger partial charge is 0.469 e. The van der Waals surface area contributed by atoms with Crippen LogP contribution in [0.3, 0.4) is 0 Å². The highest BCUT2D eigenvalue weighted by Gasteiger charge is 2.54. The first-order valence-electron chi connectivity index (χ1n) is 22.5. The SMILES string of the molecule is COC(=O)C1CC(O[C@@H]2O[C@@H](CO)C(O)C(O[C@@H](CC3CCCCC3)C(=O)OCc3ccccc3)C2NC(C)=O)C(OC2OC(C)C(O)C(O)C2O)[C@H](n2cc(-c3ccccc3)nn2)C1. The van der Waals surface area contributed by atoms with E-state index in [-0.39, 0.29) is 31.8 Å². The lowest BCUT2D eigenvalue weighted by atomic mass is 9.81. The molecule has 4 fully saturated rings. The van der Waals surface area contributed by atoms with Crippen LogP contribution in [0.5, 0.6) is 0 Å². The van der Waals surface area contributed by atoms with Crippen molar-refractivity contribution in [1.29, 1.82) is 0 Å². The molecule has 0 radical (unpaired) electrons. The number of benzene rings is 2. The van der Waals surface area contributed by atoms with E-state index >= 15 is 0 Å². The number of nitrogens with zero attached hydrogens (tertiary/aromatic N) is 3. The minimum absolute atomic E-state index is 0.0287. The highest BCUT2D eigenvalue weighted by atomic mass is 16.7. The average molecular weight is 911 g/mol. The van der Waals surface area contributed by atoms with Gasteiger partial charge in [-0.2, -0.15) is 0 Å². The zero-order valence-electron chi connectivity index (χ0n) is 36.8. The van der Waals surface area contributed by atoms with Gasteiger partial charge >= 0.3 is 11.9 Å². The van der Waals surface area contributed by atoms with Crippen molar-refractivity contribution in [1.82, 2.24) is 20.3 Å². The normalized spacial score (nSPS) is 33.7. The van der Waals surface area contributed by atoms with E-state index in [1.807, 2.05) is 60.7 Å². The van der Waals surface area contributed by atoms with Crippen LogP contribution in [-0.2, 0) is 54.1 Å². The highest BCUT2D eigenvalue weighted by molar-refractivity contribution is 5.75. The number of rotatable bonds is 16. The molecule has 2 saturated heterocycles. The molecule has 2 saturated carbocycles. The number of esters is 2. The van der Waals surface area contributed by atoms with Gasteiger partial charge in [-0.3, -0.25) is 9.59 Å². The second-order valence-corrected chi connectivity index (χ2v) is 17.5. The van der Waals surface area contributed by atoms with E-state index in [1.165, 1.54) is 25.6 Å². The van der Waals surface area contributed by atoms with Gasteiger partial charge in [-0.25, -0.2) is 9.48 Å². The Morgan fingerprint density at radius 1 is 0.862 bits per heavy atom. The van der Waals surface area contributed by atoms with Crippen LogP contribution in [0.25, 0.3) is 11.3 Å². The number of carbonyl (C=O) groups excluding carboxylic acids is 3. The molecule has 19 nitrogen and oxygen atoms in total. The second kappa shape index (κ2) is 22.4. The van der Waals surface area contributed by atoms with Crippen LogP contribution in [-0.4, -0.2) is 152 Å². The van der Waals surface area contributed by atoms with Crippen LogP contribution in [0.15, 0.2) is 66.9 Å². The number of hydrogen-bond donors (Lipinski definition) is 6. The topological polar surface area (TPSA) is 260 Å². The van der Waals surface area contributed by atoms with Crippen molar-refractivity contribution in [2.75, 3.05) is 13.7 Å². The third kappa shape index (κ3) is 11.8. The Morgan fingerprint density at radius 3 is 2.25 bits per heavy atom. The maximum Gasteiger partial charge on any atom is 0.335 e. The summed E-state index contributed by atoms with van der Waals surface area (Å²) in [4.78, 5) is 40.5. The molecule has 4 aliphatic rings. The zero-order chi connectivity index (χ0) is 46.2. The standard InChI is InChI=1S/C46H62N4O15/c1-25-37(53)39(55)40(56)46(61-25)65-41-32(50-22-31(48-49-50)29-17-11-6-12-18-29)20-30(43(57)59-3)21-33(41)63-45-36(47-26(2)52)42(38(54)35(23-51)64-45)62-34(19-27-13-7-4-8-14-27)44(58)60-24-28-15-9-5-10-16-28/h5-6,9-12,15-18,22,25,27,30,32-42,45-46,51,53-56H,4,7-8,13-14,19-21,23-24H2,1-3H3,(H,47,52)/t25?,30?,32-,33?,34+,35+,36?,37?,38?,39?,40?,41?,42?,45-,46?/m1/s1. The molecule has 3 aromatic rings. The fourth-order valence-electron chi connectivity index (χ4n) is 9.42. The van der Waals surface area contributed by atoms with Gasteiger partial charge in [0, 0.05) is 12.5 Å². The second-order valence-electron chi connectivity index (χ2n) is 17.5. The van der Waals surface area contributed by atoms with Crippen molar-refractivity contribution in [3.05, 3.63) is 72.4 Å². The molecule has 0 bridgehead atoms. The van der Waals surface area contributed by atoms with Crippen LogP contribution in [0.2, 0.25) is 0 Å². The Bertz CT molecular complexity index is 1990. The van der Waals surface area contributed by atoms with E-state index in [1.54, 1.807) is 6.20 Å².